The molecule has 1 heteroatoms. The predicted octanol–water partition coefficient (Wildman–Crippen LogP) is 3.53. The van der Waals surface area contributed by atoms with E-state index in [1.54, 1.807) is 0 Å². The quantitative estimate of drug-likeness (QED) is 0.798. The standard InChI is InChI=1S/C14H20O/c1-10-6-7-13(8-11(10)2)14(15)9-12-4-3-5-12/h6-8,12,14-15H,3-5,9H2,1-2H3. The van der Waals surface area contributed by atoms with E-state index in [1.165, 1.54) is 30.4 Å². The van der Waals surface area contributed by atoms with Crippen molar-refractivity contribution in [1.29, 1.82) is 0 Å². The average molecular weight is 204 g/mol. The molecule has 0 aromatic heterocycles. The molecular formula is C14H20O. The Morgan fingerprint density at radius 2 is 2.00 bits per heavy atom. The smallest absolute Gasteiger partial charge is 0.0792 e. The summed E-state index contributed by atoms with van der Waals surface area (Å²) in [6.07, 6.45) is 4.66. The van der Waals surface area contributed by atoms with E-state index < -0.39 is 0 Å². The third-order valence-electron chi connectivity index (χ3n) is 3.70. The third-order valence-corrected chi connectivity index (χ3v) is 3.70. The SMILES string of the molecule is Cc1ccc(C(O)CC2CCC2)cc1C. The minimum Gasteiger partial charge on any atom is -0.388 e. The minimum absolute atomic E-state index is 0.255. The van der Waals surface area contributed by atoms with Crippen LogP contribution in [0.1, 0.15) is 48.5 Å². The van der Waals surface area contributed by atoms with Crippen LogP contribution in [-0.4, -0.2) is 5.11 Å². The van der Waals surface area contributed by atoms with Crippen LogP contribution in [0.4, 0.5) is 0 Å². The first-order valence-electron chi connectivity index (χ1n) is 5.92. The summed E-state index contributed by atoms with van der Waals surface area (Å²) in [5, 5.41) is 10.1. The van der Waals surface area contributed by atoms with E-state index >= 15 is 0 Å². The molecule has 1 nitrogen and oxygen atoms in total. The number of hydrogen-bond donors (Lipinski definition) is 1. The summed E-state index contributed by atoms with van der Waals surface area (Å²) in [7, 11) is 0. The molecule has 2 rings (SSSR count). The Morgan fingerprint density at radius 1 is 1.27 bits per heavy atom. The molecule has 1 atom stereocenters. The van der Waals surface area contributed by atoms with Crippen LogP contribution in [0.3, 0.4) is 0 Å². The second-order valence-electron chi connectivity index (χ2n) is 4.89. The number of aliphatic hydroxyl groups is 1. The van der Waals surface area contributed by atoms with Crippen molar-refractivity contribution in [3.8, 4) is 0 Å². The predicted molar refractivity (Wildman–Crippen MR) is 62.8 cm³/mol. The number of benzene rings is 1. The second kappa shape index (κ2) is 4.36. The summed E-state index contributed by atoms with van der Waals surface area (Å²) in [6, 6.07) is 6.29. The van der Waals surface area contributed by atoms with Gasteiger partial charge in [0.05, 0.1) is 6.10 Å². The van der Waals surface area contributed by atoms with Crippen LogP contribution >= 0.6 is 0 Å². The summed E-state index contributed by atoms with van der Waals surface area (Å²) in [5.41, 5.74) is 3.67. The second-order valence-corrected chi connectivity index (χ2v) is 4.89. The minimum atomic E-state index is -0.255. The topological polar surface area (TPSA) is 20.2 Å². The fourth-order valence-corrected chi connectivity index (χ4v) is 2.15. The first kappa shape index (κ1) is 10.7. The Kier molecular flexibility index (Phi) is 3.11. The van der Waals surface area contributed by atoms with Crippen molar-refractivity contribution >= 4 is 0 Å². The summed E-state index contributed by atoms with van der Waals surface area (Å²) >= 11 is 0. The lowest BCUT2D eigenvalue weighted by Crippen LogP contribution is -2.14. The summed E-state index contributed by atoms with van der Waals surface area (Å²) in [4.78, 5) is 0. The molecule has 82 valence electrons. The first-order valence-corrected chi connectivity index (χ1v) is 5.92. The number of aliphatic hydroxyl groups excluding tert-OH is 1. The lowest BCUT2D eigenvalue weighted by Gasteiger charge is -2.27. The fraction of sp³-hybridized carbons (Fsp3) is 0.571. The molecule has 0 saturated heterocycles. The molecular weight excluding hydrogens is 184 g/mol. The lowest BCUT2D eigenvalue weighted by molar-refractivity contribution is 0.118. The largest absolute Gasteiger partial charge is 0.388 e. The van der Waals surface area contributed by atoms with Gasteiger partial charge in [0.15, 0.2) is 0 Å². The molecule has 0 spiro atoms. The van der Waals surface area contributed by atoms with Gasteiger partial charge in [-0.25, -0.2) is 0 Å². The van der Waals surface area contributed by atoms with Crippen molar-refractivity contribution in [2.45, 2.75) is 45.6 Å². The van der Waals surface area contributed by atoms with Crippen molar-refractivity contribution in [2.24, 2.45) is 5.92 Å². The summed E-state index contributed by atoms with van der Waals surface area (Å²) in [6.45, 7) is 4.21. The maximum absolute atomic E-state index is 10.1. The highest BCUT2D eigenvalue weighted by Crippen LogP contribution is 2.34. The van der Waals surface area contributed by atoms with Crippen LogP contribution in [0.5, 0.6) is 0 Å². The highest BCUT2D eigenvalue weighted by molar-refractivity contribution is 5.31. The molecule has 1 aliphatic carbocycles. The lowest BCUT2D eigenvalue weighted by atomic mass is 9.80. The Labute approximate surface area is 92.1 Å². The van der Waals surface area contributed by atoms with Crippen molar-refractivity contribution in [1.82, 2.24) is 0 Å². The molecule has 0 bridgehead atoms. The van der Waals surface area contributed by atoms with E-state index in [9.17, 15) is 5.11 Å². The Balaban J connectivity index is 2.03. The maximum Gasteiger partial charge on any atom is 0.0792 e. The van der Waals surface area contributed by atoms with E-state index in [0.717, 1.165) is 17.9 Å². The summed E-state index contributed by atoms with van der Waals surface area (Å²) < 4.78 is 0. The van der Waals surface area contributed by atoms with Gasteiger partial charge in [0, 0.05) is 0 Å². The zero-order chi connectivity index (χ0) is 10.8. The normalized spacial score (nSPS) is 18.6. The fourth-order valence-electron chi connectivity index (χ4n) is 2.15. The molecule has 0 heterocycles. The Morgan fingerprint density at radius 3 is 2.53 bits per heavy atom. The van der Waals surface area contributed by atoms with Crippen LogP contribution in [0, 0.1) is 19.8 Å². The van der Waals surface area contributed by atoms with Gasteiger partial charge < -0.3 is 5.11 Å². The van der Waals surface area contributed by atoms with Crippen LogP contribution in [0.25, 0.3) is 0 Å². The van der Waals surface area contributed by atoms with Gasteiger partial charge in [0.1, 0.15) is 0 Å². The molecule has 0 radical (unpaired) electrons. The van der Waals surface area contributed by atoms with Gasteiger partial charge in [-0.1, -0.05) is 37.5 Å². The number of aryl methyl sites for hydroxylation is 2. The molecule has 1 aliphatic rings. The van der Waals surface area contributed by atoms with Crippen molar-refractivity contribution < 1.29 is 5.11 Å². The average Bonchev–Trinajstić information content (AvgIpc) is 2.15. The van der Waals surface area contributed by atoms with Gasteiger partial charge in [-0.15, -0.1) is 0 Å². The maximum atomic E-state index is 10.1. The van der Waals surface area contributed by atoms with Crippen molar-refractivity contribution in [2.75, 3.05) is 0 Å². The number of rotatable bonds is 3. The van der Waals surface area contributed by atoms with Crippen LogP contribution in [0.2, 0.25) is 0 Å². The molecule has 0 amide bonds. The van der Waals surface area contributed by atoms with E-state index in [0.29, 0.717) is 0 Å². The first-order chi connectivity index (χ1) is 7.16. The van der Waals surface area contributed by atoms with Crippen molar-refractivity contribution in [3.05, 3.63) is 34.9 Å². The molecule has 1 saturated carbocycles. The monoisotopic (exact) mass is 204 g/mol. The van der Waals surface area contributed by atoms with Crippen LogP contribution in [0.15, 0.2) is 18.2 Å². The zero-order valence-corrected chi connectivity index (χ0v) is 9.66. The molecule has 15 heavy (non-hydrogen) atoms. The molecule has 1 aromatic carbocycles. The molecule has 1 fully saturated rings. The molecule has 1 aromatic rings. The van der Waals surface area contributed by atoms with E-state index in [4.69, 9.17) is 0 Å². The van der Waals surface area contributed by atoms with Crippen LogP contribution in [-0.2, 0) is 0 Å². The van der Waals surface area contributed by atoms with Gasteiger partial charge >= 0.3 is 0 Å². The molecule has 0 aliphatic heterocycles. The van der Waals surface area contributed by atoms with Gasteiger partial charge in [0.2, 0.25) is 0 Å². The highest BCUT2D eigenvalue weighted by atomic mass is 16.3. The van der Waals surface area contributed by atoms with E-state index in [2.05, 4.69) is 32.0 Å². The highest BCUT2D eigenvalue weighted by Gasteiger charge is 2.21. The van der Waals surface area contributed by atoms with E-state index in [-0.39, 0.29) is 6.10 Å². The summed E-state index contributed by atoms with van der Waals surface area (Å²) in [5.74, 6) is 0.765. The van der Waals surface area contributed by atoms with Gasteiger partial charge in [0.25, 0.3) is 0 Å². The molecule has 1 N–H and O–H groups in total. The van der Waals surface area contributed by atoms with Crippen LogP contribution < -0.4 is 0 Å². The van der Waals surface area contributed by atoms with Gasteiger partial charge in [-0.2, -0.15) is 0 Å². The van der Waals surface area contributed by atoms with Gasteiger partial charge in [-0.3, -0.25) is 0 Å². The Bertz CT molecular complexity index is 339. The molecule has 1 unspecified atom stereocenters. The Hall–Kier alpha value is -0.820. The van der Waals surface area contributed by atoms with E-state index in [1.807, 2.05) is 0 Å². The number of hydrogen-bond acceptors (Lipinski definition) is 1. The van der Waals surface area contributed by atoms with Crippen molar-refractivity contribution in [3.63, 3.8) is 0 Å². The third kappa shape index (κ3) is 2.40. The van der Waals surface area contributed by atoms with Gasteiger partial charge in [-0.05, 0) is 42.9 Å². The zero-order valence-electron chi connectivity index (χ0n) is 9.66.